The minimum absolute atomic E-state index is 0.0720. The van der Waals surface area contributed by atoms with Gasteiger partial charge in [0.1, 0.15) is 10.6 Å². The van der Waals surface area contributed by atoms with Gasteiger partial charge in [-0.05, 0) is 69.2 Å². The number of hydrogen-bond donors (Lipinski definition) is 0. The number of amides is 1. The standard InChI is InChI=1S/C26H34N2O4S/c1-19-9-7-8-16-28(19)33(30,31)25-17-23(14-15-24(25)32-3)26(29)27(20(2)22-12-13-22)18-21-10-5-4-6-11-21/h4-6,10-11,14-15,17,19-20,22H,7-9,12-13,16,18H2,1-3H3. The third-order valence-corrected chi connectivity index (χ3v) is 9.03. The Morgan fingerprint density at radius 3 is 2.48 bits per heavy atom. The first-order valence-electron chi connectivity index (χ1n) is 11.9. The lowest BCUT2D eigenvalue weighted by Crippen LogP contribution is -2.42. The van der Waals surface area contributed by atoms with Gasteiger partial charge in [0.05, 0.1) is 7.11 Å². The largest absolute Gasteiger partial charge is 0.495 e. The molecule has 0 radical (unpaired) electrons. The van der Waals surface area contributed by atoms with Crippen LogP contribution >= 0.6 is 0 Å². The van der Waals surface area contributed by atoms with Crippen LogP contribution in [0.3, 0.4) is 0 Å². The Bertz CT molecular complexity index is 1080. The molecule has 7 heteroatoms. The quantitative estimate of drug-likeness (QED) is 0.561. The van der Waals surface area contributed by atoms with Crippen LogP contribution in [0.1, 0.15) is 61.9 Å². The Kier molecular flexibility index (Phi) is 7.10. The molecule has 0 N–H and O–H groups in total. The molecule has 2 aliphatic rings. The summed E-state index contributed by atoms with van der Waals surface area (Å²) in [5.74, 6) is 0.617. The Labute approximate surface area is 197 Å². The summed E-state index contributed by atoms with van der Waals surface area (Å²) >= 11 is 0. The molecule has 0 bridgehead atoms. The molecule has 2 aromatic rings. The first-order valence-corrected chi connectivity index (χ1v) is 13.3. The molecule has 0 aromatic heterocycles. The van der Waals surface area contributed by atoms with E-state index in [1.54, 1.807) is 16.4 Å². The van der Waals surface area contributed by atoms with E-state index in [-0.39, 0.29) is 28.6 Å². The van der Waals surface area contributed by atoms with Crippen molar-refractivity contribution >= 4 is 15.9 Å². The van der Waals surface area contributed by atoms with E-state index in [0.717, 1.165) is 37.7 Å². The van der Waals surface area contributed by atoms with Crippen LogP contribution in [0.15, 0.2) is 53.4 Å². The van der Waals surface area contributed by atoms with Gasteiger partial charge in [-0.15, -0.1) is 0 Å². The zero-order valence-electron chi connectivity index (χ0n) is 19.7. The van der Waals surface area contributed by atoms with Gasteiger partial charge in [-0.25, -0.2) is 8.42 Å². The van der Waals surface area contributed by atoms with Crippen LogP contribution in [0.25, 0.3) is 0 Å². The maximum Gasteiger partial charge on any atom is 0.254 e. The molecule has 2 atom stereocenters. The first-order chi connectivity index (χ1) is 15.8. The normalized spacial score (nSPS) is 20.3. The minimum Gasteiger partial charge on any atom is -0.495 e. The number of sulfonamides is 1. The fraction of sp³-hybridized carbons (Fsp3) is 0.500. The van der Waals surface area contributed by atoms with Crippen molar-refractivity contribution in [2.24, 2.45) is 5.92 Å². The highest BCUT2D eigenvalue weighted by Crippen LogP contribution is 2.37. The average Bonchev–Trinajstić information content (AvgIpc) is 3.68. The summed E-state index contributed by atoms with van der Waals surface area (Å²) < 4.78 is 34.1. The lowest BCUT2D eigenvalue weighted by Gasteiger charge is -2.33. The molecule has 1 saturated carbocycles. The highest BCUT2D eigenvalue weighted by molar-refractivity contribution is 7.89. The van der Waals surface area contributed by atoms with Gasteiger partial charge in [0.15, 0.2) is 0 Å². The molecular formula is C26H34N2O4S. The third-order valence-electron chi connectivity index (χ3n) is 6.99. The Morgan fingerprint density at radius 1 is 1.12 bits per heavy atom. The topological polar surface area (TPSA) is 66.9 Å². The molecule has 1 amide bonds. The second-order valence-corrected chi connectivity index (χ2v) is 11.2. The number of nitrogens with zero attached hydrogens (tertiary/aromatic N) is 2. The maximum atomic E-state index is 13.7. The highest BCUT2D eigenvalue weighted by atomic mass is 32.2. The van der Waals surface area contributed by atoms with Crippen molar-refractivity contribution in [3.05, 3.63) is 59.7 Å². The van der Waals surface area contributed by atoms with Crippen molar-refractivity contribution in [2.75, 3.05) is 13.7 Å². The van der Waals surface area contributed by atoms with Gasteiger partial charge < -0.3 is 9.64 Å². The smallest absolute Gasteiger partial charge is 0.254 e. The van der Waals surface area contributed by atoms with Gasteiger partial charge >= 0.3 is 0 Å². The number of hydrogen-bond acceptors (Lipinski definition) is 4. The Balaban J connectivity index is 1.69. The second-order valence-electron chi connectivity index (χ2n) is 9.32. The van der Waals surface area contributed by atoms with E-state index in [2.05, 4.69) is 6.92 Å². The fourth-order valence-electron chi connectivity index (χ4n) is 4.75. The third kappa shape index (κ3) is 5.09. The molecule has 0 spiro atoms. The summed E-state index contributed by atoms with van der Waals surface area (Å²) in [5, 5.41) is 0. The SMILES string of the molecule is COc1ccc(C(=O)N(Cc2ccccc2)C(C)C2CC2)cc1S(=O)(=O)N1CCCCC1C. The van der Waals surface area contributed by atoms with Crippen LogP contribution in [0.5, 0.6) is 5.75 Å². The van der Waals surface area contributed by atoms with Crippen LogP contribution in [-0.4, -0.2) is 49.3 Å². The molecule has 2 fully saturated rings. The highest BCUT2D eigenvalue weighted by Gasteiger charge is 2.37. The molecule has 1 heterocycles. The van der Waals surface area contributed by atoms with Crippen molar-refractivity contribution in [3.63, 3.8) is 0 Å². The van der Waals surface area contributed by atoms with Crippen LogP contribution in [0.4, 0.5) is 0 Å². The van der Waals surface area contributed by atoms with Crippen molar-refractivity contribution in [1.29, 1.82) is 0 Å². The average molecular weight is 471 g/mol. The summed E-state index contributed by atoms with van der Waals surface area (Å²) in [7, 11) is -2.32. The number of rotatable bonds is 8. The van der Waals surface area contributed by atoms with Gasteiger partial charge in [0, 0.05) is 30.7 Å². The molecule has 178 valence electrons. The molecule has 33 heavy (non-hydrogen) atoms. The summed E-state index contributed by atoms with van der Waals surface area (Å²) in [5.41, 5.74) is 1.43. The molecule has 1 saturated heterocycles. The molecule has 6 nitrogen and oxygen atoms in total. The first kappa shape index (κ1) is 23.8. The summed E-state index contributed by atoms with van der Waals surface area (Å²) in [6, 6.07) is 14.7. The van der Waals surface area contributed by atoms with Crippen molar-refractivity contribution in [1.82, 2.24) is 9.21 Å². The van der Waals surface area contributed by atoms with E-state index in [9.17, 15) is 13.2 Å². The van der Waals surface area contributed by atoms with Gasteiger partial charge in [-0.1, -0.05) is 36.8 Å². The summed E-state index contributed by atoms with van der Waals surface area (Å²) in [4.78, 5) is 15.7. The van der Waals surface area contributed by atoms with Crippen LogP contribution in [0, 0.1) is 5.92 Å². The van der Waals surface area contributed by atoms with E-state index < -0.39 is 10.0 Å². The van der Waals surface area contributed by atoms with Crippen LogP contribution in [-0.2, 0) is 16.6 Å². The zero-order valence-corrected chi connectivity index (χ0v) is 20.6. The van der Waals surface area contributed by atoms with Gasteiger partial charge in [0.25, 0.3) is 5.91 Å². The predicted octanol–water partition coefficient (Wildman–Crippen LogP) is 4.70. The summed E-state index contributed by atoms with van der Waals surface area (Å²) in [6.45, 7) is 5.02. The van der Waals surface area contributed by atoms with Crippen molar-refractivity contribution < 1.29 is 17.9 Å². The lowest BCUT2D eigenvalue weighted by atomic mass is 10.1. The van der Waals surface area contributed by atoms with Gasteiger partial charge in [0.2, 0.25) is 10.0 Å². The number of piperidine rings is 1. The number of carbonyl (C=O) groups is 1. The zero-order chi connectivity index (χ0) is 23.6. The second kappa shape index (κ2) is 9.85. The van der Waals surface area contributed by atoms with Crippen LogP contribution in [0.2, 0.25) is 0 Å². The van der Waals surface area contributed by atoms with E-state index in [1.165, 1.54) is 13.2 Å². The molecule has 1 aliphatic carbocycles. The minimum atomic E-state index is -3.78. The van der Waals surface area contributed by atoms with Gasteiger partial charge in [-0.2, -0.15) is 4.31 Å². The molecular weight excluding hydrogens is 436 g/mol. The Morgan fingerprint density at radius 2 is 1.85 bits per heavy atom. The van der Waals surface area contributed by atoms with E-state index >= 15 is 0 Å². The van der Waals surface area contributed by atoms with Crippen LogP contribution < -0.4 is 4.74 Å². The molecule has 4 rings (SSSR count). The summed E-state index contributed by atoms with van der Waals surface area (Å²) in [6.07, 6.45) is 4.94. The van der Waals surface area contributed by atoms with E-state index in [0.29, 0.717) is 24.6 Å². The number of carbonyl (C=O) groups excluding carboxylic acids is 1. The number of ether oxygens (including phenoxy) is 1. The predicted molar refractivity (Wildman–Crippen MR) is 129 cm³/mol. The maximum absolute atomic E-state index is 13.7. The van der Waals surface area contributed by atoms with E-state index in [1.807, 2.05) is 42.2 Å². The number of benzene rings is 2. The Hall–Kier alpha value is -2.38. The molecule has 2 aromatic carbocycles. The monoisotopic (exact) mass is 470 g/mol. The van der Waals surface area contributed by atoms with Gasteiger partial charge in [-0.3, -0.25) is 4.79 Å². The number of methoxy groups -OCH3 is 1. The lowest BCUT2D eigenvalue weighted by molar-refractivity contribution is 0.0654. The van der Waals surface area contributed by atoms with E-state index in [4.69, 9.17) is 4.74 Å². The molecule has 2 unspecified atom stereocenters. The fourth-order valence-corrected chi connectivity index (χ4v) is 6.63. The van der Waals surface area contributed by atoms with Crippen molar-refractivity contribution in [2.45, 2.75) is 69.5 Å². The van der Waals surface area contributed by atoms with Crippen molar-refractivity contribution in [3.8, 4) is 5.75 Å². The molecule has 1 aliphatic heterocycles.